The number of alkyl halides is 3. The molecule has 0 aromatic heterocycles. The zero-order chi connectivity index (χ0) is 22.2. The van der Waals surface area contributed by atoms with Gasteiger partial charge in [0.25, 0.3) is 11.7 Å². The topological polar surface area (TPSA) is 77.8 Å². The van der Waals surface area contributed by atoms with E-state index in [4.69, 9.17) is 0 Å². The van der Waals surface area contributed by atoms with Crippen LogP contribution in [0.2, 0.25) is 0 Å². The molecule has 0 radical (unpaired) electrons. The molecule has 1 amide bonds. The van der Waals surface area contributed by atoms with Gasteiger partial charge in [-0.1, -0.05) is 42.0 Å². The second-order valence-corrected chi connectivity index (χ2v) is 7.29. The van der Waals surface area contributed by atoms with Gasteiger partial charge in [-0.2, -0.15) is 13.2 Å². The summed E-state index contributed by atoms with van der Waals surface area (Å²) in [7, 11) is 0. The van der Waals surface area contributed by atoms with Crippen LogP contribution in [0.3, 0.4) is 0 Å². The lowest BCUT2D eigenvalue weighted by molar-refractivity contribution is -0.140. The number of nitrogens with zero attached hydrogens (tertiary/aromatic N) is 1. The van der Waals surface area contributed by atoms with E-state index in [1.165, 1.54) is 19.1 Å². The first kappa shape index (κ1) is 21.6. The third-order valence-corrected chi connectivity index (χ3v) is 4.86. The molecule has 1 aliphatic heterocycles. The number of carbonyl (C=O) groups excluding carboxylic acids is 2. The Hall–Kier alpha value is -3.13. The number of β-amino-alcohol motifs (C(OH)–C–C–N with tert-alkyl or cyclic N) is 1. The molecule has 5 nitrogen and oxygen atoms in total. The van der Waals surface area contributed by atoms with Gasteiger partial charge in [0.15, 0.2) is 0 Å². The minimum absolute atomic E-state index is 0.0123. The van der Waals surface area contributed by atoms with Gasteiger partial charge >= 0.3 is 6.18 Å². The van der Waals surface area contributed by atoms with Gasteiger partial charge in [0, 0.05) is 12.1 Å². The molecule has 0 saturated carbocycles. The summed E-state index contributed by atoms with van der Waals surface area (Å²) in [5.74, 6) is -2.49. The number of hydrogen-bond acceptors (Lipinski definition) is 4. The molecule has 2 aromatic rings. The molecule has 158 valence electrons. The van der Waals surface area contributed by atoms with Crippen LogP contribution in [-0.2, 0) is 15.8 Å². The number of benzene rings is 2. The van der Waals surface area contributed by atoms with Gasteiger partial charge in [0.05, 0.1) is 23.3 Å². The zero-order valence-corrected chi connectivity index (χ0v) is 16.3. The van der Waals surface area contributed by atoms with Crippen molar-refractivity contribution in [3.63, 3.8) is 0 Å². The molecule has 2 atom stereocenters. The summed E-state index contributed by atoms with van der Waals surface area (Å²) in [6.07, 6.45) is -5.66. The van der Waals surface area contributed by atoms with Crippen molar-refractivity contribution in [2.75, 3.05) is 6.54 Å². The molecule has 0 spiro atoms. The molecule has 0 aliphatic carbocycles. The molecule has 1 saturated heterocycles. The van der Waals surface area contributed by atoms with Crippen LogP contribution in [0.25, 0.3) is 5.76 Å². The average molecular weight is 419 g/mol. The van der Waals surface area contributed by atoms with Gasteiger partial charge in [-0.3, -0.25) is 9.59 Å². The molecule has 2 aromatic carbocycles. The first-order valence-corrected chi connectivity index (χ1v) is 9.21. The standard InChI is InChI=1S/C22H20F3NO4/c1-12-6-8-14(9-7-12)19(28)17-18(26(11-13(2)27)21(30)20(17)29)15-4-3-5-16(10-15)22(23,24)25/h3-10,13,18,27-28H,11H2,1-2H3. The van der Waals surface area contributed by atoms with Crippen LogP contribution in [0.1, 0.15) is 35.2 Å². The van der Waals surface area contributed by atoms with Gasteiger partial charge in [-0.15, -0.1) is 0 Å². The van der Waals surface area contributed by atoms with Gasteiger partial charge in [-0.05, 0) is 31.5 Å². The number of likely N-dealkylation sites (tertiary alicyclic amines) is 1. The Labute approximate surface area is 171 Å². The summed E-state index contributed by atoms with van der Waals surface area (Å²) in [4.78, 5) is 26.3. The van der Waals surface area contributed by atoms with Crippen molar-refractivity contribution in [1.29, 1.82) is 0 Å². The lowest BCUT2D eigenvalue weighted by atomic mass is 9.94. The summed E-state index contributed by atoms with van der Waals surface area (Å²) in [6, 6.07) is 9.48. The van der Waals surface area contributed by atoms with Crippen molar-refractivity contribution in [3.8, 4) is 0 Å². The number of aryl methyl sites for hydroxylation is 1. The van der Waals surface area contributed by atoms with E-state index in [0.29, 0.717) is 0 Å². The highest BCUT2D eigenvalue weighted by Crippen LogP contribution is 2.41. The maximum absolute atomic E-state index is 13.2. The summed E-state index contributed by atoms with van der Waals surface area (Å²) in [5.41, 5.74) is -0.0942. The van der Waals surface area contributed by atoms with Crippen LogP contribution in [0.5, 0.6) is 0 Å². The van der Waals surface area contributed by atoms with Crippen molar-refractivity contribution in [1.82, 2.24) is 4.90 Å². The first-order chi connectivity index (χ1) is 14.0. The number of aliphatic hydroxyl groups is 2. The minimum atomic E-state index is -4.62. The average Bonchev–Trinajstić information content (AvgIpc) is 2.92. The molecule has 1 fully saturated rings. The van der Waals surface area contributed by atoms with E-state index in [9.17, 15) is 33.0 Å². The van der Waals surface area contributed by atoms with Crippen molar-refractivity contribution < 1.29 is 33.0 Å². The minimum Gasteiger partial charge on any atom is -0.507 e. The lowest BCUT2D eigenvalue weighted by Crippen LogP contribution is -2.35. The maximum atomic E-state index is 13.2. The van der Waals surface area contributed by atoms with Crippen LogP contribution < -0.4 is 0 Å². The zero-order valence-electron chi connectivity index (χ0n) is 16.3. The van der Waals surface area contributed by atoms with E-state index >= 15 is 0 Å². The second-order valence-electron chi connectivity index (χ2n) is 7.29. The van der Waals surface area contributed by atoms with Gasteiger partial charge < -0.3 is 15.1 Å². The van der Waals surface area contributed by atoms with E-state index in [-0.39, 0.29) is 23.2 Å². The molecule has 3 rings (SSSR count). The molecule has 2 unspecified atom stereocenters. The fourth-order valence-electron chi connectivity index (χ4n) is 3.45. The second kappa shape index (κ2) is 7.95. The summed E-state index contributed by atoms with van der Waals surface area (Å²) < 4.78 is 39.7. The Bertz CT molecular complexity index is 1010. The van der Waals surface area contributed by atoms with Crippen LogP contribution >= 0.6 is 0 Å². The Morgan fingerprint density at radius 1 is 1.13 bits per heavy atom. The predicted octanol–water partition coefficient (Wildman–Crippen LogP) is 3.82. The fraction of sp³-hybridized carbons (Fsp3) is 0.273. The molecule has 30 heavy (non-hydrogen) atoms. The fourth-order valence-corrected chi connectivity index (χ4v) is 3.45. The number of hydrogen-bond donors (Lipinski definition) is 2. The van der Waals surface area contributed by atoms with Crippen molar-refractivity contribution in [2.24, 2.45) is 0 Å². The number of halogens is 3. The Balaban J connectivity index is 2.21. The van der Waals surface area contributed by atoms with Gasteiger partial charge in [0.1, 0.15) is 5.76 Å². The summed E-state index contributed by atoms with van der Waals surface area (Å²) in [5, 5.41) is 20.6. The molecular weight excluding hydrogens is 399 g/mol. The van der Waals surface area contributed by atoms with Gasteiger partial charge in [0.2, 0.25) is 0 Å². The lowest BCUT2D eigenvalue weighted by Gasteiger charge is -2.27. The molecular formula is C22H20F3NO4. The van der Waals surface area contributed by atoms with Crippen molar-refractivity contribution >= 4 is 17.4 Å². The number of amides is 1. The largest absolute Gasteiger partial charge is 0.507 e. The number of aliphatic hydroxyl groups excluding tert-OH is 2. The predicted molar refractivity (Wildman–Crippen MR) is 103 cm³/mol. The van der Waals surface area contributed by atoms with E-state index in [2.05, 4.69) is 0 Å². The molecule has 1 heterocycles. The smallest absolute Gasteiger partial charge is 0.416 e. The third kappa shape index (κ3) is 4.09. The normalized spacial score (nSPS) is 19.9. The monoisotopic (exact) mass is 419 g/mol. The molecule has 2 N–H and O–H groups in total. The number of ketones is 1. The molecule has 0 bridgehead atoms. The highest BCUT2D eigenvalue weighted by molar-refractivity contribution is 6.46. The van der Waals surface area contributed by atoms with Crippen LogP contribution in [0, 0.1) is 6.92 Å². The van der Waals surface area contributed by atoms with E-state index in [1.807, 2.05) is 6.92 Å². The third-order valence-electron chi connectivity index (χ3n) is 4.86. The van der Waals surface area contributed by atoms with E-state index in [0.717, 1.165) is 22.6 Å². The van der Waals surface area contributed by atoms with Crippen LogP contribution in [-0.4, -0.2) is 39.5 Å². The molecule has 8 heteroatoms. The van der Waals surface area contributed by atoms with Crippen molar-refractivity contribution in [2.45, 2.75) is 32.2 Å². The highest BCUT2D eigenvalue weighted by Gasteiger charge is 2.46. The molecule has 1 aliphatic rings. The van der Waals surface area contributed by atoms with Crippen LogP contribution in [0.4, 0.5) is 13.2 Å². The Morgan fingerprint density at radius 2 is 1.77 bits per heavy atom. The Kier molecular flexibility index (Phi) is 5.72. The number of rotatable bonds is 4. The summed E-state index contributed by atoms with van der Waals surface area (Å²) >= 11 is 0. The first-order valence-electron chi connectivity index (χ1n) is 9.21. The number of Topliss-reactive ketones (excluding diaryl/α,β-unsaturated/α-hetero) is 1. The summed E-state index contributed by atoms with van der Waals surface area (Å²) in [6.45, 7) is 2.94. The Morgan fingerprint density at radius 3 is 2.33 bits per heavy atom. The van der Waals surface area contributed by atoms with Gasteiger partial charge in [-0.25, -0.2) is 0 Å². The highest BCUT2D eigenvalue weighted by atomic mass is 19.4. The van der Waals surface area contributed by atoms with Crippen molar-refractivity contribution in [3.05, 3.63) is 76.4 Å². The number of carbonyl (C=O) groups is 2. The maximum Gasteiger partial charge on any atom is 0.416 e. The van der Waals surface area contributed by atoms with Crippen LogP contribution in [0.15, 0.2) is 54.1 Å². The quantitative estimate of drug-likeness (QED) is 0.449. The van der Waals surface area contributed by atoms with E-state index in [1.54, 1.807) is 24.3 Å². The SMILES string of the molecule is Cc1ccc(C(O)=C2C(=O)C(=O)N(CC(C)O)C2c2cccc(C(F)(F)F)c2)cc1. The van der Waals surface area contributed by atoms with E-state index < -0.39 is 41.3 Å².